The van der Waals surface area contributed by atoms with Crippen molar-refractivity contribution >= 4 is 17.1 Å². The molecule has 6 heteroatoms. The first-order chi connectivity index (χ1) is 11.7. The summed E-state index contributed by atoms with van der Waals surface area (Å²) in [6.45, 7) is 6.81. The summed E-state index contributed by atoms with van der Waals surface area (Å²) >= 11 is 0. The van der Waals surface area contributed by atoms with Crippen LogP contribution >= 0.6 is 0 Å². The van der Waals surface area contributed by atoms with Gasteiger partial charge in [-0.05, 0) is 43.9 Å². The maximum atomic E-state index is 12.4. The zero-order valence-corrected chi connectivity index (χ0v) is 14.5. The van der Waals surface area contributed by atoms with Gasteiger partial charge in [-0.15, -0.1) is 0 Å². The first-order valence-corrected chi connectivity index (χ1v) is 8.75. The van der Waals surface area contributed by atoms with Gasteiger partial charge < -0.3 is 19.9 Å². The number of likely N-dealkylation sites (tertiary alicyclic amines) is 1. The van der Waals surface area contributed by atoms with Crippen LogP contribution < -0.4 is 5.32 Å². The van der Waals surface area contributed by atoms with Crippen LogP contribution in [0.5, 0.6) is 0 Å². The standard InChI is InChI=1S/C18H26N4O2/c1-3-9-24-15-5-4-8-22(12-15)18(23)19-11-14-6-7-16-17(10-14)21-13(2)20-16/h6-7,10,15H,3-5,8-9,11-12H2,1-2H3,(H,19,23)(H,20,21)/t15-/m0/s1. The minimum atomic E-state index is -0.0133. The molecule has 1 saturated heterocycles. The van der Waals surface area contributed by atoms with Gasteiger partial charge in [0.2, 0.25) is 0 Å². The number of fused-ring (bicyclic) bond motifs is 1. The predicted octanol–water partition coefficient (Wildman–Crippen LogP) is 2.97. The number of aromatic amines is 1. The third-order valence-electron chi connectivity index (χ3n) is 4.33. The lowest BCUT2D eigenvalue weighted by atomic mass is 10.1. The zero-order chi connectivity index (χ0) is 16.9. The molecule has 0 aliphatic carbocycles. The van der Waals surface area contributed by atoms with Crippen molar-refractivity contribution in [2.75, 3.05) is 19.7 Å². The second-order valence-electron chi connectivity index (χ2n) is 6.41. The average Bonchev–Trinajstić information content (AvgIpc) is 2.97. The van der Waals surface area contributed by atoms with Gasteiger partial charge in [0.1, 0.15) is 5.82 Å². The molecule has 1 aliphatic rings. The number of nitrogens with zero attached hydrogens (tertiary/aromatic N) is 2. The Morgan fingerprint density at radius 1 is 1.50 bits per heavy atom. The zero-order valence-electron chi connectivity index (χ0n) is 14.5. The Hall–Kier alpha value is -2.08. The Morgan fingerprint density at radius 3 is 3.21 bits per heavy atom. The number of imidazole rings is 1. The number of aryl methyl sites for hydroxylation is 1. The Kier molecular flexibility index (Phi) is 5.35. The summed E-state index contributed by atoms with van der Waals surface area (Å²) in [5, 5.41) is 3.01. The number of amides is 2. The number of hydrogen-bond donors (Lipinski definition) is 2. The van der Waals surface area contributed by atoms with Crippen molar-refractivity contribution in [2.45, 2.75) is 45.8 Å². The van der Waals surface area contributed by atoms with Gasteiger partial charge >= 0.3 is 6.03 Å². The first-order valence-electron chi connectivity index (χ1n) is 8.75. The van der Waals surface area contributed by atoms with E-state index < -0.39 is 0 Å². The number of hydrogen-bond acceptors (Lipinski definition) is 3. The molecule has 3 rings (SSSR count). The molecule has 2 aromatic rings. The Labute approximate surface area is 142 Å². The number of urea groups is 1. The summed E-state index contributed by atoms with van der Waals surface area (Å²) in [6.07, 6.45) is 3.23. The highest BCUT2D eigenvalue weighted by molar-refractivity contribution is 5.77. The molecular formula is C18H26N4O2. The van der Waals surface area contributed by atoms with Gasteiger partial charge in [0.05, 0.1) is 17.1 Å². The number of aromatic nitrogens is 2. The molecule has 1 aromatic heterocycles. The monoisotopic (exact) mass is 330 g/mol. The number of piperidine rings is 1. The lowest BCUT2D eigenvalue weighted by Crippen LogP contribution is -2.47. The van der Waals surface area contributed by atoms with Gasteiger partial charge in [-0.25, -0.2) is 9.78 Å². The van der Waals surface area contributed by atoms with Crippen LogP contribution in [0.3, 0.4) is 0 Å². The third kappa shape index (κ3) is 4.06. The fourth-order valence-corrected chi connectivity index (χ4v) is 3.13. The van der Waals surface area contributed by atoms with Crippen LogP contribution in [0, 0.1) is 6.92 Å². The molecule has 1 aliphatic heterocycles. The molecule has 1 atom stereocenters. The van der Waals surface area contributed by atoms with E-state index in [1.807, 2.05) is 30.0 Å². The quantitative estimate of drug-likeness (QED) is 0.885. The van der Waals surface area contributed by atoms with Crippen molar-refractivity contribution in [2.24, 2.45) is 0 Å². The molecule has 1 fully saturated rings. The summed E-state index contributed by atoms with van der Waals surface area (Å²) in [5.74, 6) is 0.901. The minimum absolute atomic E-state index is 0.0133. The maximum Gasteiger partial charge on any atom is 0.317 e. The first kappa shape index (κ1) is 16.8. The fraction of sp³-hybridized carbons (Fsp3) is 0.556. The van der Waals surface area contributed by atoms with Crippen molar-refractivity contribution < 1.29 is 9.53 Å². The van der Waals surface area contributed by atoms with Gasteiger partial charge in [0, 0.05) is 26.2 Å². The lowest BCUT2D eigenvalue weighted by Gasteiger charge is -2.32. The van der Waals surface area contributed by atoms with Crippen LogP contribution in [-0.4, -0.2) is 46.7 Å². The number of nitrogens with one attached hydrogen (secondary N) is 2. The molecule has 0 spiro atoms. The summed E-state index contributed by atoms with van der Waals surface area (Å²) in [6, 6.07) is 6.02. The van der Waals surface area contributed by atoms with Crippen LogP contribution in [0.2, 0.25) is 0 Å². The predicted molar refractivity (Wildman–Crippen MR) is 93.9 cm³/mol. The van der Waals surface area contributed by atoms with E-state index in [4.69, 9.17) is 4.74 Å². The van der Waals surface area contributed by atoms with Crippen LogP contribution in [0.1, 0.15) is 37.6 Å². The lowest BCUT2D eigenvalue weighted by molar-refractivity contribution is 0.0100. The van der Waals surface area contributed by atoms with Gasteiger partial charge in [-0.2, -0.15) is 0 Å². The third-order valence-corrected chi connectivity index (χ3v) is 4.33. The summed E-state index contributed by atoms with van der Waals surface area (Å²) in [7, 11) is 0. The summed E-state index contributed by atoms with van der Waals surface area (Å²) in [4.78, 5) is 21.9. The Balaban J connectivity index is 1.53. The van der Waals surface area contributed by atoms with Gasteiger partial charge in [-0.1, -0.05) is 13.0 Å². The molecule has 2 amide bonds. The van der Waals surface area contributed by atoms with E-state index in [0.29, 0.717) is 13.1 Å². The van der Waals surface area contributed by atoms with E-state index >= 15 is 0 Å². The molecule has 0 radical (unpaired) electrons. The van der Waals surface area contributed by atoms with E-state index in [9.17, 15) is 4.79 Å². The summed E-state index contributed by atoms with van der Waals surface area (Å²) < 4.78 is 5.79. The van der Waals surface area contributed by atoms with Crippen LogP contribution in [0.4, 0.5) is 4.79 Å². The molecule has 6 nitrogen and oxygen atoms in total. The molecule has 130 valence electrons. The Morgan fingerprint density at radius 2 is 2.38 bits per heavy atom. The van der Waals surface area contributed by atoms with E-state index in [1.165, 1.54) is 0 Å². The fourth-order valence-electron chi connectivity index (χ4n) is 3.13. The number of carbonyl (C=O) groups is 1. The molecule has 24 heavy (non-hydrogen) atoms. The van der Waals surface area contributed by atoms with Crippen molar-refractivity contribution in [3.8, 4) is 0 Å². The largest absolute Gasteiger partial charge is 0.376 e. The van der Waals surface area contributed by atoms with E-state index in [0.717, 1.165) is 54.8 Å². The van der Waals surface area contributed by atoms with Crippen molar-refractivity contribution in [1.29, 1.82) is 0 Å². The average molecular weight is 330 g/mol. The smallest absolute Gasteiger partial charge is 0.317 e. The highest BCUT2D eigenvalue weighted by atomic mass is 16.5. The molecule has 2 heterocycles. The van der Waals surface area contributed by atoms with Gasteiger partial charge in [0.15, 0.2) is 0 Å². The number of H-pyrrole nitrogens is 1. The molecule has 0 unspecified atom stereocenters. The number of benzene rings is 1. The minimum Gasteiger partial charge on any atom is -0.376 e. The van der Waals surface area contributed by atoms with Crippen molar-refractivity contribution in [3.05, 3.63) is 29.6 Å². The van der Waals surface area contributed by atoms with Gasteiger partial charge in [0.25, 0.3) is 0 Å². The van der Waals surface area contributed by atoms with Crippen molar-refractivity contribution in [1.82, 2.24) is 20.2 Å². The van der Waals surface area contributed by atoms with E-state index in [1.54, 1.807) is 0 Å². The molecular weight excluding hydrogens is 304 g/mol. The number of carbonyl (C=O) groups excluding carboxylic acids is 1. The summed E-state index contributed by atoms with van der Waals surface area (Å²) in [5.41, 5.74) is 3.02. The molecule has 2 N–H and O–H groups in total. The highest BCUT2D eigenvalue weighted by Gasteiger charge is 2.23. The van der Waals surface area contributed by atoms with Crippen LogP contribution in [0.15, 0.2) is 18.2 Å². The van der Waals surface area contributed by atoms with Crippen LogP contribution in [-0.2, 0) is 11.3 Å². The Bertz CT molecular complexity index is 697. The topological polar surface area (TPSA) is 70.2 Å². The SMILES string of the molecule is CCCO[C@H]1CCCN(C(=O)NCc2ccc3nc(C)[nH]c3c2)C1. The highest BCUT2D eigenvalue weighted by Crippen LogP contribution is 2.15. The van der Waals surface area contributed by atoms with Gasteiger partial charge in [-0.3, -0.25) is 0 Å². The number of rotatable bonds is 5. The normalized spacial score (nSPS) is 18.1. The number of ether oxygens (including phenoxy) is 1. The van der Waals surface area contributed by atoms with Crippen LogP contribution in [0.25, 0.3) is 11.0 Å². The molecule has 0 saturated carbocycles. The molecule has 1 aromatic carbocycles. The second-order valence-corrected chi connectivity index (χ2v) is 6.41. The van der Waals surface area contributed by atoms with E-state index in [-0.39, 0.29) is 12.1 Å². The van der Waals surface area contributed by atoms with Crippen molar-refractivity contribution in [3.63, 3.8) is 0 Å². The van der Waals surface area contributed by atoms with E-state index in [2.05, 4.69) is 22.2 Å². The molecule has 0 bridgehead atoms. The second kappa shape index (κ2) is 7.66. The maximum absolute atomic E-state index is 12.4.